The number of amidine groups is 1. The van der Waals surface area contributed by atoms with E-state index in [4.69, 9.17) is 35.9 Å². The van der Waals surface area contributed by atoms with Gasteiger partial charge in [0.2, 0.25) is 0 Å². The first-order chi connectivity index (χ1) is 18.5. The summed E-state index contributed by atoms with van der Waals surface area (Å²) < 4.78 is 45.4. The van der Waals surface area contributed by atoms with Gasteiger partial charge in [-0.2, -0.15) is 0 Å². The van der Waals surface area contributed by atoms with Crippen molar-refractivity contribution in [3.05, 3.63) is 66.2 Å². The van der Waals surface area contributed by atoms with Crippen molar-refractivity contribution in [2.75, 3.05) is 7.05 Å². The third-order valence-electron chi connectivity index (χ3n) is 5.94. The van der Waals surface area contributed by atoms with Crippen LogP contribution in [0.3, 0.4) is 0 Å². The SMILES string of the molecule is C[C@H](OC(=S)Oc1ccccc1)[C@H]1O[C@@H]2SC(N(C)C(=O)OC(C)(C)C)=N[C@@H]2[C@H](F)[C@@H]1OCc1ccccc1. The van der Waals surface area contributed by atoms with Crippen LogP contribution in [0.2, 0.25) is 0 Å². The zero-order valence-electron chi connectivity index (χ0n) is 22.5. The first kappa shape index (κ1) is 29.3. The second kappa shape index (κ2) is 12.6. The van der Waals surface area contributed by atoms with E-state index in [1.165, 1.54) is 11.9 Å². The molecule has 8 nitrogen and oxygen atoms in total. The molecule has 0 aliphatic carbocycles. The summed E-state index contributed by atoms with van der Waals surface area (Å²) in [7, 11) is 1.54. The van der Waals surface area contributed by atoms with E-state index in [-0.39, 0.29) is 11.8 Å². The number of rotatable bonds is 6. The van der Waals surface area contributed by atoms with Crippen molar-refractivity contribution < 1.29 is 32.9 Å². The standard InChI is InChI=1S/C28H33FN2O6S2/c1-17(34-27(38)35-19-14-10-7-11-15-19)22-23(33-16-18-12-8-6-9-13-18)20(29)21-24(36-22)39-25(30-21)31(5)26(32)37-28(2,3)4/h6-15,17,20-24H,16H2,1-5H3/t17-,20-,21+,22+,23-,24+/m0/s1. The van der Waals surface area contributed by atoms with Gasteiger partial charge in [0.05, 0.1) is 6.61 Å². The molecule has 2 heterocycles. The quantitative estimate of drug-likeness (QED) is 0.403. The zero-order valence-corrected chi connectivity index (χ0v) is 24.1. The average Bonchev–Trinajstić information content (AvgIpc) is 3.32. The van der Waals surface area contributed by atoms with E-state index in [9.17, 15) is 4.79 Å². The largest absolute Gasteiger partial charge is 0.451 e. The lowest BCUT2D eigenvalue weighted by Gasteiger charge is -2.41. The molecule has 0 saturated carbocycles. The average molecular weight is 577 g/mol. The number of amides is 1. The van der Waals surface area contributed by atoms with Crippen LogP contribution in [0.25, 0.3) is 0 Å². The molecule has 2 aromatic rings. The number of carbonyl (C=O) groups is 1. The maximum absolute atomic E-state index is 16.1. The minimum absolute atomic E-state index is 0.114. The van der Waals surface area contributed by atoms with Crippen molar-refractivity contribution in [1.29, 1.82) is 0 Å². The molecule has 2 aliphatic rings. The fraction of sp³-hybridized carbons (Fsp3) is 0.464. The van der Waals surface area contributed by atoms with Crippen molar-refractivity contribution in [2.45, 2.75) is 75.9 Å². The number of fused-ring (bicyclic) bond motifs is 1. The number of aliphatic imine (C=N–C) groups is 1. The van der Waals surface area contributed by atoms with Crippen LogP contribution >= 0.6 is 24.0 Å². The van der Waals surface area contributed by atoms with Crippen molar-refractivity contribution in [3.8, 4) is 5.75 Å². The Balaban J connectivity index is 1.49. The summed E-state index contributed by atoms with van der Waals surface area (Å²) >= 11 is 6.45. The highest BCUT2D eigenvalue weighted by molar-refractivity contribution is 8.14. The van der Waals surface area contributed by atoms with Gasteiger partial charge in [-0.3, -0.25) is 9.89 Å². The normalized spacial score (nSPS) is 25.2. The fourth-order valence-electron chi connectivity index (χ4n) is 4.06. The molecule has 4 rings (SSSR count). The number of benzene rings is 2. The van der Waals surface area contributed by atoms with Crippen LogP contribution < -0.4 is 4.74 Å². The minimum Gasteiger partial charge on any atom is -0.451 e. The number of nitrogens with zero attached hydrogens (tertiary/aromatic N) is 2. The van der Waals surface area contributed by atoms with Gasteiger partial charge in [-0.1, -0.05) is 60.3 Å². The molecule has 39 heavy (non-hydrogen) atoms. The molecule has 1 amide bonds. The van der Waals surface area contributed by atoms with Gasteiger partial charge in [0.25, 0.3) is 0 Å². The van der Waals surface area contributed by atoms with Crippen LogP contribution in [-0.4, -0.2) is 70.0 Å². The zero-order chi connectivity index (χ0) is 28.2. The summed E-state index contributed by atoms with van der Waals surface area (Å²) in [6.07, 6.45) is -4.69. The number of alkyl halides is 1. The molecule has 2 aliphatic heterocycles. The van der Waals surface area contributed by atoms with Gasteiger partial charge >= 0.3 is 11.3 Å². The molecule has 0 aromatic heterocycles. The van der Waals surface area contributed by atoms with E-state index in [1.807, 2.05) is 48.5 Å². The second-order valence-electron chi connectivity index (χ2n) is 10.2. The van der Waals surface area contributed by atoms with Gasteiger partial charge in [-0.05, 0) is 45.4 Å². The number of para-hydroxylation sites is 1. The second-order valence-corrected chi connectivity index (χ2v) is 11.6. The van der Waals surface area contributed by atoms with Crippen LogP contribution in [0.15, 0.2) is 65.7 Å². The van der Waals surface area contributed by atoms with Crippen molar-refractivity contribution in [2.24, 2.45) is 4.99 Å². The van der Waals surface area contributed by atoms with E-state index in [2.05, 4.69) is 4.99 Å². The summed E-state index contributed by atoms with van der Waals surface area (Å²) in [5.74, 6) is 0.522. The Morgan fingerprint density at radius 3 is 2.44 bits per heavy atom. The van der Waals surface area contributed by atoms with Crippen LogP contribution in [-0.2, 0) is 25.6 Å². The smallest absolute Gasteiger partial charge is 0.416 e. The van der Waals surface area contributed by atoms with Crippen LogP contribution in [0, 0.1) is 0 Å². The van der Waals surface area contributed by atoms with E-state index < -0.39 is 47.7 Å². The van der Waals surface area contributed by atoms with Gasteiger partial charge < -0.3 is 23.7 Å². The first-order valence-electron chi connectivity index (χ1n) is 12.6. The summed E-state index contributed by atoms with van der Waals surface area (Å²) in [5, 5.41) is 0.193. The van der Waals surface area contributed by atoms with Gasteiger partial charge in [0.15, 0.2) is 11.3 Å². The maximum atomic E-state index is 16.1. The highest BCUT2D eigenvalue weighted by Gasteiger charge is 2.53. The van der Waals surface area contributed by atoms with E-state index in [0.29, 0.717) is 10.9 Å². The van der Waals surface area contributed by atoms with Crippen LogP contribution in [0.5, 0.6) is 5.75 Å². The Labute approximate surface area is 237 Å². The molecule has 6 atom stereocenters. The summed E-state index contributed by atoms with van der Waals surface area (Å²) in [4.78, 5) is 18.4. The molecule has 0 unspecified atom stereocenters. The number of thioether (sulfide) groups is 1. The van der Waals surface area contributed by atoms with E-state index >= 15 is 4.39 Å². The highest BCUT2D eigenvalue weighted by Crippen LogP contribution is 2.41. The van der Waals surface area contributed by atoms with Crippen molar-refractivity contribution in [1.82, 2.24) is 4.90 Å². The fourth-order valence-corrected chi connectivity index (χ4v) is 5.47. The molecular weight excluding hydrogens is 543 g/mol. The topological polar surface area (TPSA) is 78.8 Å². The third-order valence-corrected chi connectivity index (χ3v) is 7.34. The Hall–Kier alpha value is -2.73. The van der Waals surface area contributed by atoms with Crippen LogP contribution in [0.4, 0.5) is 9.18 Å². The lowest BCUT2D eigenvalue weighted by Crippen LogP contribution is -2.57. The predicted octanol–water partition coefficient (Wildman–Crippen LogP) is 5.74. The molecule has 0 radical (unpaired) electrons. The number of carbonyl (C=O) groups excluding carboxylic acids is 1. The van der Waals surface area contributed by atoms with Gasteiger partial charge in [-0.15, -0.1) is 0 Å². The summed E-state index contributed by atoms with van der Waals surface area (Å²) in [6.45, 7) is 7.22. The van der Waals surface area contributed by atoms with Crippen LogP contribution in [0.1, 0.15) is 33.3 Å². The van der Waals surface area contributed by atoms with Crippen molar-refractivity contribution >= 4 is 40.5 Å². The monoisotopic (exact) mass is 576 g/mol. The lowest BCUT2D eigenvalue weighted by molar-refractivity contribution is -0.186. The molecule has 2 aromatic carbocycles. The van der Waals surface area contributed by atoms with Crippen molar-refractivity contribution in [3.63, 3.8) is 0 Å². The molecule has 1 fully saturated rings. The maximum Gasteiger partial charge on any atom is 0.416 e. The molecule has 0 N–H and O–H groups in total. The number of ether oxygens (including phenoxy) is 5. The van der Waals surface area contributed by atoms with Gasteiger partial charge in [-0.25, -0.2) is 9.18 Å². The Kier molecular flexibility index (Phi) is 9.47. The third kappa shape index (κ3) is 7.69. The predicted molar refractivity (Wildman–Crippen MR) is 152 cm³/mol. The number of thiocarbonyl (C=S) groups is 1. The Morgan fingerprint density at radius 2 is 1.79 bits per heavy atom. The number of hydrogen-bond donors (Lipinski definition) is 0. The summed E-state index contributed by atoms with van der Waals surface area (Å²) in [5.41, 5.74) is -0.497. The molecule has 0 spiro atoms. The molecule has 0 bridgehead atoms. The Bertz CT molecular complexity index is 1160. The highest BCUT2D eigenvalue weighted by atomic mass is 32.2. The van der Waals surface area contributed by atoms with Gasteiger partial charge in [0.1, 0.15) is 41.1 Å². The lowest BCUT2D eigenvalue weighted by atomic mass is 9.96. The van der Waals surface area contributed by atoms with E-state index in [1.54, 1.807) is 39.8 Å². The minimum atomic E-state index is -1.54. The number of hydrogen-bond acceptors (Lipinski definition) is 9. The number of halogens is 1. The molecule has 210 valence electrons. The van der Waals surface area contributed by atoms with E-state index in [0.717, 1.165) is 17.3 Å². The molecule has 1 saturated heterocycles. The Morgan fingerprint density at radius 1 is 1.15 bits per heavy atom. The molecular formula is C28H33FN2O6S2. The molecule has 11 heteroatoms. The first-order valence-corrected chi connectivity index (χ1v) is 13.9. The summed E-state index contributed by atoms with van der Waals surface area (Å²) in [6, 6.07) is 17.6. The van der Waals surface area contributed by atoms with Gasteiger partial charge in [0, 0.05) is 19.3 Å².